The van der Waals surface area contributed by atoms with Crippen LogP contribution < -0.4 is 0 Å². The smallest absolute Gasteiger partial charge is 0.124 e. The lowest BCUT2D eigenvalue weighted by Gasteiger charge is -2.23. The van der Waals surface area contributed by atoms with E-state index < -0.39 is 0 Å². The molecule has 0 atom stereocenters. The van der Waals surface area contributed by atoms with Crippen molar-refractivity contribution < 1.29 is 5.11 Å². The second kappa shape index (κ2) is 9.59. The molecule has 146 valence electrons. The maximum atomic E-state index is 11.0. The molecule has 0 saturated carbocycles. The van der Waals surface area contributed by atoms with Gasteiger partial charge in [0, 0.05) is 5.56 Å². The van der Waals surface area contributed by atoms with Crippen molar-refractivity contribution in [2.24, 2.45) is 0 Å². The van der Waals surface area contributed by atoms with Crippen LogP contribution in [0, 0.1) is 0 Å². The summed E-state index contributed by atoms with van der Waals surface area (Å²) >= 11 is 0. The second-order valence-electron chi connectivity index (χ2n) is 7.92. The molecule has 0 saturated heterocycles. The topological polar surface area (TPSA) is 20.2 Å². The molecule has 0 fully saturated rings. The Morgan fingerprint density at radius 3 is 1.86 bits per heavy atom. The average molecular weight is 373 g/mol. The van der Waals surface area contributed by atoms with Crippen LogP contribution >= 0.6 is 0 Å². The molecular formula is C27H32O. The third-order valence-corrected chi connectivity index (χ3v) is 5.43. The Balaban J connectivity index is 2.21. The molecule has 3 aromatic carbocycles. The van der Waals surface area contributed by atoms with Gasteiger partial charge >= 0.3 is 0 Å². The Labute approximate surface area is 170 Å². The molecule has 0 spiro atoms. The highest BCUT2D eigenvalue weighted by molar-refractivity contribution is 5.85. The minimum absolute atomic E-state index is 0.312. The molecule has 0 aliphatic carbocycles. The molecule has 3 rings (SSSR count). The quantitative estimate of drug-likeness (QED) is 0.397. The molecule has 3 aromatic rings. The van der Waals surface area contributed by atoms with Crippen molar-refractivity contribution in [3.63, 3.8) is 0 Å². The lowest BCUT2D eigenvalue weighted by atomic mass is 9.81. The molecular weight excluding hydrogens is 340 g/mol. The molecule has 0 aromatic heterocycles. The summed E-state index contributed by atoms with van der Waals surface area (Å²) in [4.78, 5) is 0. The summed E-state index contributed by atoms with van der Waals surface area (Å²) in [5.74, 6) is 0.715. The van der Waals surface area contributed by atoms with Crippen LogP contribution in [-0.2, 0) is 6.42 Å². The number of aromatic hydroxyl groups is 1. The van der Waals surface area contributed by atoms with Crippen molar-refractivity contribution in [1.82, 2.24) is 0 Å². The van der Waals surface area contributed by atoms with Crippen molar-refractivity contribution in [3.8, 4) is 28.0 Å². The van der Waals surface area contributed by atoms with Crippen LogP contribution in [-0.4, -0.2) is 5.11 Å². The maximum absolute atomic E-state index is 11.0. The van der Waals surface area contributed by atoms with E-state index in [9.17, 15) is 5.11 Å². The normalized spacial score (nSPS) is 11.1. The summed E-state index contributed by atoms with van der Waals surface area (Å²) in [5.41, 5.74) is 7.13. The first-order valence-electron chi connectivity index (χ1n) is 10.6. The van der Waals surface area contributed by atoms with Gasteiger partial charge in [0.2, 0.25) is 0 Å². The van der Waals surface area contributed by atoms with E-state index in [-0.39, 0.29) is 0 Å². The molecule has 28 heavy (non-hydrogen) atoms. The molecule has 0 radical (unpaired) electrons. The van der Waals surface area contributed by atoms with Gasteiger partial charge in [-0.05, 0) is 52.6 Å². The fraction of sp³-hybridized carbons (Fsp3) is 0.333. The van der Waals surface area contributed by atoms with Crippen LogP contribution in [0.5, 0.6) is 5.75 Å². The van der Waals surface area contributed by atoms with Gasteiger partial charge in [-0.15, -0.1) is 0 Å². The van der Waals surface area contributed by atoms with Gasteiger partial charge in [-0.2, -0.15) is 0 Å². The zero-order valence-electron chi connectivity index (χ0n) is 17.4. The Kier molecular flexibility index (Phi) is 6.92. The molecule has 0 aliphatic heterocycles. The lowest BCUT2D eigenvalue weighted by Crippen LogP contribution is -2.02. The van der Waals surface area contributed by atoms with Gasteiger partial charge in [-0.3, -0.25) is 0 Å². The minimum atomic E-state index is 0.312. The molecule has 1 nitrogen and oxygen atoms in total. The number of benzene rings is 3. The fourth-order valence-corrected chi connectivity index (χ4v) is 4.12. The Bertz CT molecular complexity index is 879. The molecule has 0 heterocycles. The zero-order chi connectivity index (χ0) is 19.9. The van der Waals surface area contributed by atoms with E-state index in [2.05, 4.69) is 63.2 Å². The van der Waals surface area contributed by atoms with Crippen molar-refractivity contribution in [2.75, 3.05) is 0 Å². The van der Waals surface area contributed by atoms with Crippen molar-refractivity contribution in [3.05, 3.63) is 77.9 Å². The Morgan fingerprint density at radius 2 is 1.32 bits per heavy atom. The van der Waals surface area contributed by atoms with Crippen molar-refractivity contribution in [2.45, 2.75) is 58.8 Å². The van der Waals surface area contributed by atoms with Gasteiger partial charge in [0.25, 0.3) is 0 Å². The summed E-state index contributed by atoms with van der Waals surface area (Å²) in [6.45, 7) is 6.70. The number of phenolic OH excluding ortho intramolecular Hbond substituents is 1. The molecule has 1 heteroatoms. The van der Waals surface area contributed by atoms with E-state index in [0.29, 0.717) is 11.7 Å². The van der Waals surface area contributed by atoms with Gasteiger partial charge in [-0.25, -0.2) is 0 Å². The number of aryl methyl sites for hydroxylation is 1. The van der Waals surface area contributed by atoms with E-state index >= 15 is 0 Å². The number of rotatable bonds is 8. The third kappa shape index (κ3) is 4.47. The number of phenols is 1. The highest BCUT2D eigenvalue weighted by Crippen LogP contribution is 2.45. The van der Waals surface area contributed by atoms with Gasteiger partial charge < -0.3 is 5.11 Å². The van der Waals surface area contributed by atoms with Gasteiger partial charge in [-0.1, -0.05) is 101 Å². The van der Waals surface area contributed by atoms with E-state index in [4.69, 9.17) is 0 Å². The van der Waals surface area contributed by atoms with Crippen LogP contribution in [0.15, 0.2) is 66.7 Å². The monoisotopic (exact) mass is 372 g/mol. The summed E-state index contributed by atoms with van der Waals surface area (Å²) in [7, 11) is 0. The lowest BCUT2D eigenvalue weighted by molar-refractivity contribution is 0.475. The van der Waals surface area contributed by atoms with Crippen LogP contribution in [0.25, 0.3) is 22.3 Å². The minimum Gasteiger partial charge on any atom is -0.507 e. The van der Waals surface area contributed by atoms with Crippen molar-refractivity contribution in [1.29, 1.82) is 0 Å². The standard InChI is InChI=1S/C27H32O/c1-4-5-6-9-18-23-19-24(28)27(22-16-12-8-13-17-22)25(20(2)3)26(23)21-14-10-7-11-15-21/h7-8,10-17,19-20,28H,4-6,9,18H2,1-3H3. The SMILES string of the molecule is CCCCCCc1cc(O)c(-c2ccccc2)c(C(C)C)c1-c1ccccc1. The summed E-state index contributed by atoms with van der Waals surface area (Å²) < 4.78 is 0. The van der Waals surface area contributed by atoms with Crippen LogP contribution in [0.2, 0.25) is 0 Å². The first-order valence-corrected chi connectivity index (χ1v) is 10.6. The molecule has 0 amide bonds. The average Bonchev–Trinajstić information content (AvgIpc) is 2.72. The largest absolute Gasteiger partial charge is 0.507 e. The molecule has 1 N–H and O–H groups in total. The predicted octanol–water partition coefficient (Wildman–Crippen LogP) is 7.97. The summed E-state index contributed by atoms with van der Waals surface area (Å²) in [6.07, 6.45) is 5.91. The van der Waals surface area contributed by atoms with Crippen LogP contribution in [0.4, 0.5) is 0 Å². The van der Waals surface area contributed by atoms with E-state index in [0.717, 1.165) is 24.0 Å². The molecule has 0 unspecified atom stereocenters. The van der Waals surface area contributed by atoms with E-state index in [1.54, 1.807) is 0 Å². The fourth-order valence-electron chi connectivity index (χ4n) is 4.12. The van der Waals surface area contributed by atoms with Crippen LogP contribution in [0.1, 0.15) is 63.5 Å². The first kappa shape index (κ1) is 20.2. The van der Waals surface area contributed by atoms with Gasteiger partial charge in [0.1, 0.15) is 5.75 Å². The summed E-state index contributed by atoms with van der Waals surface area (Å²) in [5, 5.41) is 11.0. The summed E-state index contributed by atoms with van der Waals surface area (Å²) in [6, 6.07) is 23.0. The first-order chi connectivity index (χ1) is 13.6. The second-order valence-corrected chi connectivity index (χ2v) is 7.92. The van der Waals surface area contributed by atoms with E-state index in [1.165, 1.54) is 41.5 Å². The number of unbranched alkanes of at least 4 members (excludes halogenated alkanes) is 3. The van der Waals surface area contributed by atoms with Crippen molar-refractivity contribution >= 4 is 0 Å². The Morgan fingerprint density at radius 1 is 0.750 bits per heavy atom. The molecule has 0 bridgehead atoms. The number of hydrogen-bond donors (Lipinski definition) is 1. The number of hydrogen-bond acceptors (Lipinski definition) is 1. The van der Waals surface area contributed by atoms with Gasteiger partial charge in [0.05, 0.1) is 0 Å². The molecule has 0 aliphatic rings. The third-order valence-electron chi connectivity index (χ3n) is 5.43. The zero-order valence-corrected chi connectivity index (χ0v) is 17.4. The maximum Gasteiger partial charge on any atom is 0.124 e. The van der Waals surface area contributed by atoms with Gasteiger partial charge in [0.15, 0.2) is 0 Å². The van der Waals surface area contributed by atoms with E-state index in [1.807, 2.05) is 24.3 Å². The Hall–Kier alpha value is -2.54. The highest BCUT2D eigenvalue weighted by Gasteiger charge is 2.22. The van der Waals surface area contributed by atoms with Crippen LogP contribution in [0.3, 0.4) is 0 Å². The highest BCUT2D eigenvalue weighted by atomic mass is 16.3. The predicted molar refractivity (Wildman–Crippen MR) is 121 cm³/mol.